The van der Waals surface area contributed by atoms with E-state index in [9.17, 15) is 4.79 Å². The molecular weight excluding hydrogens is 298 g/mol. The van der Waals surface area contributed by atoms with Crippen LogP contribution in [0.25, 0.3) is 5.57 Å². The Morgan fingerprint density at radius 1 is 1.17 bits per heavy atom. The fraction of sp³-hybridized carbons (Fsp3) is 0.571. The molecule has 3 atom stereocenters. The minimum atomic E-state index is -0.231. The first kappa shape index (κ1) is 18.7. The lowest BCUT2D eigenvalue weighted by atomic mass is 9.80. The molecule has 0 fully saturated rings. The summed E-state index contributed by atoms with van der Waals surface area (Å²) < 4.78 is 5.11. The number of likely N-dealkylation sites (N-methyl/N-ethyl adjacent to an activating group) is 1. The average molecular weight is 329 g/mol. The normalized spacial score (nSPS) is 24.5. The molecule has 0 amide bonds. The molecule has 132 valence electrons. The van der Waals surface area contributed by atoms with Gasteiger partial charge in [-0.25, -0.2) is 0 Å². The first-order valence-corrected chi connectivity index (χ1v) is 9.14. The van der Waals surface area contributed by atoms with Crippen LogP contribution in [-0.4, -0.2) is 37.1 Å². The SMILES string of the molecule is CCCc1ccc(C2=CC(CCC)N(C)C(C)C2C(=O)OC)cc1. The Kier molecular flexibility index (Phi) is 6.61. The molecule has 0 aliphatic carbocycles. The lowest BCUT2D eigenvalue weighted by Crippen LogP contribution is -2.48. The molecule has 3 heteroatoms. The van der Waals surface area contributed by atoms with Gasteiger partial charge in [0.15, 0.2) is 0 Å². The van der Waals surface area contributed by atoms with Crippen molar-refractivity contribution >= 4 is 11.5 Å². The predicted octanol–water partition coefficient (Wildman–Crippen LogP) is 4.31. The fourth-order valence-corrected chi connectivity index (χ4v) is 3.69. The van der Waals surface area contributed by atoms with Crippen LogP contribution < -0.4 is 0 Å². The zero-order chi connectivity index (χ0) is 17.7. The number of methoxy groups -OCH3 is 1. The van der Waals surface area contributed by atoms with E-state index in [2.05, 4.69) is 63.1 Å². The molecule has 0 N–H and O–H groups in total. The van der Waals surface area contributed by atoms with E-state index in [1.54, 1.807) is 0 Å². The molecule has 1 aromatic carbocycles. The first-order valence-electron chi connectivity index (χ1n) is 9.14. The molecule has 1 aliphatic rings. The van der Waals surface area contributed by atoms with Gasteiger partial charge in [-0.2, -0.15) is 0 Å². The van der Waals surface area contributed by atoms with E-state index in [0.29, 0.717) is 6.04 Å². The lowest BCUT2D eigenvalue weighted by molar-refractivity contribution is -0.145. The molecule has 0 bridgehead atoms. The van der Waals surface area contributed by atoms with E-state index in [1.165, 1.54) is 12.7 Å². The quantitative estimate of drug-likeness (QED) is 0.728. The summed E-state index contributed by atoms with van der Waals surface area (Å²) >= 11 is 0. The fourth-order valence-electron chi connectivity index (χ4n) is 3.69. The Bertz CT molecular complexity index is 576. The van der Waals surface area contributed by atoms with Gasteiger partial charge in [0.2, 0.25) is 0 Å². The topological polar surface area (TPSA) is 29.5 Å². The number of benzene rings is 1. The predicted molar refractivity (Wildman–Crippen MR) is 99.8 cm³/mol. The van der Waals surface area contributed by atoms with Gasteiger partial charge in [0.25, 0.3) is 0 Å². The second-order valence-electron chi connectivity index (χ2n) is 6.83. The molecule has 24 heavy (non-hydrogen) atoms. The van der Waals surface area contributed by atoms with E-state index >= 15 is 0 Å². The molecule has 3 unspecified atom stereocenters. The third kappa shape index (κ3) is 3.89. The summed E-state index contributed by atoms with van der Waals surface area (Å²) in [6.07, 6.45) is 6.75. The molecule has 0 spiro atoms. The second kappa shape index (κ2) is 8.48. The Balaban J connectivity index is 2.42. The highest BCUT2D eigenvalue weighted by Crippen LogP contribution is 2.36. The number of hydrogen-bond donors (Lipinski definition) is 0. The molecular formula is C21H31NO2. The van der Waals surface area contributed by atoms with E-state index in [4.69, 9.17) is 4.74 Å². The molecule has 0 saturated carbocycles. The summed E-state index contributed by atoms with van der Waals surface area (Å²) in [5.41, 5.74) is 3.61. The average Bonchev–Trinajstić information content (AvgIpc) is 2.59. The summed E-state index contributed by atoms with van der Waals surface area (Å²) in [6.45, 7) is 6.53. The number of nitrogens with zero attached hydrogens (tertiary/aromatic N) is 1. The van der Waals surface area contributed by atoms with Crippen LogP contribution >= 0.6 is 0 Å². The Hall–Kier alpha value is -1.61. The Morgan fingerprint density at radius 2 is 1.83 bits per heavy atom. The van der Waals surface area contributed by atoms with Crippen LogP contribution in [0.3, 0.4) is 0 Å². The molecule has 1 aromatic rings. The minimum absolute atomic E-state index is 0.129. The Labute approximate surface area is 146 Å². The van der Waals surface area contributed by atoms with Crippen molar-refractivity contribution in [3.63, 3.8) is 0 Å². The highest BCUT2D eigenvalue weighted by Gasteiger charge is 2.38. The van der Waals surface area contributed by atoms with Crippen LogP contribution in [0.4, 0.5) is 0 Å². The third-order valence-electron chi connectivity index (χ3n) is 5.22. The largest absolute Gasteiger partial charge is 0.469 e. The monoisotopic (exact) mass is 329 g/mol. The van der Waals surface area contributed by atoms with Gasteiger partial charge in [-0.3, -0.25) is 9.69 Å². The van der Waals surface area contributed by atoms with E-state index in [1.807, 2.05) is 0 Å². The number of ether oxygens (including phenoxy) is 1. The molecule has 3 nitrogen and oxygen atoms in total. The van der Waals surface area contributed by atoms with Crippen molar-refractivity contribution in [1.82, 2.24) is 4.90 Å². The number of carbonyl (C=O) groups excluding carboxylic acids is 1. The van der Waals surface area contributed by atoms with Crippen molar-refractivity contribution in [3.8, 4) is 0 Å². The minimum Gasteiger partial charge on any atom is -0.469 e. The summed E-state index contributed by atoms with van der Waals surface area (Å²) in [5.74, 6) is -0.377. The summed E-state index contributed by atoms with van der Waals surface area (Å²) in [4.78, 5) is 14.8. The van der Waals surface area contributed by atoms with Gasteiger partial charge in [0.1, 0.15) is 0 Å². The van der Waals surface area contributed by atoms with Crippen LogP contribution in [0, 0.1) is 5.92 Å². The third-order valence-corrected chi connectivity index (χ3v) is 5.22. The molecule has 0 saturated heterocycles. The van der Waals surface area contributed by atoms with Gasteiger partial charge in [0, 0.05) is 12.1 Å². The van der Waals surface area contributed by atoms with Crippen LogP contribution in [0.15, 0.2) is 30.3 Å². The highest BCUT2D eigenvalue weighted by molar-refractivity contribution is 5.90. The lowest BCUT2D eigenvalue weighted by Gasteiger charge is -2.41. The van der Waals surface area contributed by atoms with Crippen molar-refractivity contribution < 1.29 is 9.53 Å². The van der Waals surface area contributed by atoms with Gasteiger partial charge in [-0.1, -0.05) is 57.0 Å². The van der Waals surface area contributed by atoms with E-state index in [-0.39, 0.29) is 17.9 Å². The van der Waals surface area contributed by atoms with Gasteiger partial charge in [-0.05, 0) is 43.5 Å². The standard InChI is InChI=1S/C21H31NO2/c1-6-8-16-10-12-17(13-11-16)19-14-18(9-7-2)22(4)15(3)20(19)21(23)24-5/h10-15,18,20H,6-9H2,1-5H3. The molecule has 1 aliphatic heterocycles. The van der Waals surface area contributed by atoms with E-state index < -0.39 is 0 Å². The van der Waals surface area contributed by atoms with Gasteiger partial charge >= 0.3 is 5.97 Å². The first-order chi connectivity index (χ1) is 11.5. The summed E-state index contributed by atoms with van der Waals surface area (Å²) in [6, 6.07) is 9.19. The summed E-state index contributed by atoms with van der Waals surface area (Å²) in [5, 5.41) is 0. The van der Waals surface area contributed by atoms with Crippen LogP contribution in [0.1, 0.15) is 51.2 Å². The molecule has 1 heterocycles. The summed E-state index contributed by atoms with van der Waals surface area (Å²) in [7, 11) is 3.59. The highest BCUT2D eigenvalue weighted by atomic mass is 16.5. The van der Waals surface area contributed by atoms with Gasteiger partial charge in [-0.15, -0.1) is 0 Å². The van der Waals surface area contributed by atoms with E-state index in [0.717, 1.165) is 36.8 Å². The van der Waals surface area contributed by atoms with Crippen LogP contribution in [-0.2, 0) is 16.0 Å². The van der Waals surface area contributed by atoms with Crippen molar-refractivity contribution in [2.75, 3.05) is 14.2 Å². The molecule has 0 radical (unpaired) electrons. The number of esters is 1. The second-order valence-corrected chi connectivity index (χ2v) is 6.83. The van der Waals surface area contributed by atoms with Gasteiger partial charge in [0.05, 0.1) is 13.0 Å². The number of rotatable bonds is 6. The van der Waals surface area contributed by atoms with Gasteiger partial charge < -0.3 is 4.74 Å². The maximum atomic E-state index is 12.5. The van der Waals surface area contributed by atoms with Crippen molar-refractivity contribution in [2.45, 2.75) is 58.5 Å². The van der Waals surface area contributed by atoms with Crippen LogP contribution in [0.5, 0.6) is 0 Å². The Morgan fingerprint density at radius 3 is 2.38 bits per heavy atom. The van der Waals surface area contributed by atoms with Crippen molar-refractivity contribution in [2.24, 2.45) is 5.92 Å². The number of carbonyl (C=O) groups is 1. The molecule has 2 rings (SSSR count). The zero-order valence-corrected chi connectivity index (χ0v) is 15.7. The smallest absolute Gasteiger partial charge is 0.314 e. The van der Waals surface area contributed by atoms with Crippen LogP contribution in [0.2, 0.25) is 0 Å². The molecule has 0 aromatic heterocycles. The maximum absolute atomic E-state index is 12.5. The number of hydrogen-bond acceptors (Lipinski definition) is 3. The number of aryl methyl sites for hydroxylation is 1. The van der Waals surface area contributed by atoms with Crippen molar-refractivity contribution in [1.29, 1.82) is 0 Å². The maximum Gasteiger partial charge on any atom is 0.314 e. The zero-order valence-electron chi connectivity index (χ0n) is 15.7. The van der Waals surface area contributed by atoms with Crippen molar-refractivity contribution in [3.05, 3.63) is 41.5 Å².